The van der Waals surface area contributed by atoms with Gasteiger partial charge in [0.2, 0.25) is 0 Å². The van der Waals surface area contributed by atoms with Gasteiger partial charge in [-0.3, -0.25) is 19.7 Å². The van der Waals surface area contributed by atoms with E-state index in [0.717, 1.165) is 12.1 Å². The third-order valence-electron chi connectivity index (χ3n) is 3.64. The molecule has 0 aromatic heterocycles. The summed E-state index contributed by atoms with van der Waals surface area (Å²) in [6, 6.07) is 3.67. The number of hydrogen-bond acceptors (Lipinski definition) is 4. The van der Waals surface area contributed by atoms with Gasteiger partial charge in [0, 0.05) is 35.8 Å². The lowest BCUT2D eigenvalue weighted by molar-refractivity contribution is -0.384. The number of rotatable bonds is 3. The van der Waals surface area contributed by atoms with E-state index in [1.807, 2.05) is 6.92 Å². The van der Waals surface area contributed by atoms with Crippen molar-refractivity contribution in [2.75, 3.05) is 13.1 Å². The first-order chi connectivity index (χ1) is 10.3. The quantitative estimate of drug-likeness (QED) is 0.679. The van der Waals surface area contributed by atoms with Gasteiger partial charge in [-0.15, -0.1) is 0 Å². The fraction of sp³-hybridized carbons (Fsp3) is 0.429. The fourth-order valence-corrected chi connectivity index (χ4v) is 2.91. The van der Waals surface area contributed by atoms with Crippen LogP contribution in [0.2, 0.25) is 5.02 Å². The van der Waals surface area contributed by atoms with Gasteiger partial charge in [-0.25, -0.2) is 0 Å². The van der Waals surface area contributed by atoms with Gasteiger partial charge in [0.15, 0.2) is 0 Å². The zero-order chi connectivity index (χ0) is 16.4. The second kappa shape index (κ2) is 6.31. The average Bonchev–Trinajstić information content (AvgIpc) is 2.45. The lowest BCUT2D eigenvalue weighted by atomic mass is 9.90. The van der Waals surface area contributed by atoms with E-state index in [9.17, 15) is 19.7 Å². The van der Waals surface area contributed by atoms with Gasteiger partial charge in [-0.1, -0.05) is 18.5 Å². The molecule has 1 amide bonds. The van der Waals surface area contributed by atoms with Crippen molar-refractivity contribution in [1.29, 1.82) is 0 Å². The molecule has 0 radical (unpaired) electrons. The maximum Gasteiger partial charge on any atom is 0.308 e. The van der Waals surface area contributed by atoms with Crippen LogP contribution in [-0.4, -0.2) is 39.9 Å². The van der Waals surface area contributed by atoms with E-state index in [-0.39, 0.29) is 28.7 Å². The molecule has 0 bridgehead atoms. The molecular weight excluding hydrogens is 312 g/mol. The summed E-state index contributed by atoms with van der Waals surface area (Å²) in [5, 5.41) is 20.1. The van der Waals surface area contributed by atoms with Crippen LogP contribution in [-0.2, 0) is 4.79 Å². The van der Waals surface area contributed by atoms with Crippen LogP contribution < -0.4 is 0 Å². The maximum atomic E-state index is 12.5. The van der Waals surface area contributed by atoms with E-state index in [4.69, 9.17) is 16.7 Å². The van der Waals surface area contributed by atoms with Crippen LogP contribution in [0, 0.1) is 22.0 Å². The number of nitro groups is 1. The van der Waals surface area contributed by atoms with Crippen molar-refractivity contribution in [1.82, 2.24) is 4.90 Å². The number of aliphatic carboxylic acids is 1. The Morgan fingerprint density at radius 2 is 2.05 bits per heavy atom. The molecule has 1 aliphatic heterocycles. The van der Waals surface area contributed by atoms with Gasteiger partial charge >= 0.3 is 5.97 Å². The van der Waals surface area contributed by atoms with Crippen LogP contribution in [0.5, 0.6) is 0 Å². The molecule has 118 valence electrons. The van der Waals surface area contributed by atoms with Gasteiger partial charge in [-0.2, -0.15) is 0 Å². The summed E-state index contributed by atoms with van der Waals surface area (Å²) in [7, 11) is 0. The highest BCUT2D eigenvalue weighted by Crippen LogP contribution is 2.26. The highest BCUT2D eigenvalue weighted by Gasteiger charge is 2.32. The average molecular weight is 327 g/mol. The second-order valence-corrected chi connectivity index (χ2v) is 5.98. The van der Waals surface area contributed by atoms with Crippen LogP contribution >= 0.6 is 11.6 Å². The monoisotopic (exact) mass is 326 g/mol. The minimum atomic E-state index is -0.943. The predicted octanol–water partition coefficient (Wildman–Crippen LogP) is 2.43. The van der Waals surface area contributed by atoms with Crippen molar-refractivity contribution in [2.24, 2.45) is 11.8 Å². The number of carbonyl (C=O) groups is 2. The zero-order valence-corrected chi connectivity index (χ0v) is 12.6. The Morgan fingerprint density at radius 3 is 2.64 bits per heavy atom. The number of piperidine rings is 1. The lowest BCUT2D eigenvalue weighted by Crippen LogP contribution is -2.45. The molecule has 2 rings (SSSR count). The van der Waals surface area contributed by atoms with Gasteiger partial charge in [0.25, 0.3) is 11.6 Å². The third-order valence-corrected chi connectivity index (χ3v) is 3.85. The maximum absolute atomic E-state index is 12.5. The fourth-order valence-electron chi connectivity index (χ4n) is 2.68. The number of non-ortho nitro benzene ring substituents is 1. The first-order valence-electron chi connectivity index (χ1n) is 6.75. The molecule has 1 aromatic carbocycles. The molecule has 0 spiro atoms. The molecule has 7 nitrogen and oxygen atoms in total. The number of amides is 1. The standard InChI is InChI=1S/C14H15ClN2O5/c1-8-2-10(14(19)20)7-16(6-8)13(18)9-3-11(15)5-12(4-9)17(21)22/h3-5,8,10H,2,6-7H2,1H3,(H,19,20). The third kappa shape index (κ3) is 3.54. The smallest absolute Gasteiger partial charge is 0.308 e. The van der Waals surface area contributed by atoms with Gasteiger partial charge in [-0.05, 0) is 18.4 Å². The number of halogens is 1. The summed E-state index contributed by atoms with van der Waals surface area (Å²) in [4.78, 5) is 35.3. The van der Waals surface area contributed by atoms with Gasteiger partial charge in [0.1, 0.15) is 0 Å². The van der Waals surface area contributed by atoms with Crippen molar-refractivity contribution in [3.63, 3.8) is 0 Å². The molecule has 1 aromatic rings. The first kappa shape index (κ1) is 16.2. The number of carboxylic acid groups (broad SMARTS) is 1. The van der Waals surface area contributed by atoms with Crippen LogP contribution in [0.4, 0.5) is 5.69 Å². The van der Waals surface area contributed by atoms with Crippen molar-refractivity contribution in [3.8, 4) is 0 Å². The molecule has 2 atom stereocenters. The Hall–Kier alpha value is -2.15. The summed E-state index contributed by atoms with van der Waals surface area (Å²) >= 11 is 5.82. The Bertz CT molecular complexity index is 634. The Labute approximate surface area is 131 Å². The Balaban J connectivity index is 2.27. The number of nitrogens with zero attached hydrogens (tertiary/aromatic N) is 2. The number of hydrogen-bond donors (Lipinski definition) is 1. The highest BCUT2D eigenvalue weighted by molar-refractivity contribution is 6.31. The zero-order valence-electron chi connectivity index (χ0n) is 11.9. The first-order valence-corrected chi connectivity index (χ1v) is 7.12. The van der Waals surface area contributed by atoms with Gasteiger partial charge in [0.05, 0.1) is 10.8 Å². The van der Waals surface area contributed by atoms with Crippen molar-refractivity contribution in [2.45, 2.75) is 13.3 Å². The minimum absolute atomic E-state index is 0.0490. The van der Waals surface area contributed by atoms with Crippen LogP contribution in [0.25, 0.3) is 0 Å². The molecular formula is C14H15ClN2O5. The van der Waals surface area contributed by atoms with Crippen LogP contribution in [0.15, 0.2) is 18.2 Å². The molecule has 0 aliphatic carbocycles. The number of carboxylic acids is 1. The normalized spacial score (nSPS) is 21.5. The Kier molecular flexibility index (Phi) is 4.65. The van der Waals surface area contributed by atoms with Crippen molar-refractivity contribution >= 4 is 29.2 Å². The number of likely N-dealkylation sites (tertiary alicyclic amines) is 1. The molecule has 22 heavy (non-hydrogen) atoms. The Morgan fingerprint density at radius 1 is 1.36 bits per heavy atom. The summed E-state index contributed by atoms with van der Waals surface area (Å²) < 4.78 is 0. The van der Waals surface area contributed by atoms with Crippen molar-refractivity contribution in [3.05, 3.63) is 38.9 Å². The summed E-state index contributed by atoms with van der Waals surface area (Å²) in [6.45, 7) is 2.39. The molecule has 8 heteroatoms. The molecule has 1 fully saturated rings. The van der Waals surface area contributed by atoms with E-state index in [2.05, 4.69) is 0 Å². The molecule has 1 saturated heterocycles. The van der Waals surface area contributed by atoms with E-state index in [0.29, 0.717) is 13.0 Å². The summed E-state index contributed by atoms with van der Waals surface area (Å²) in [6.07, 6.45) is 0.509. The summed E-state index contributed by atoms with van der Waals surface area (Å²) in [5.41, 5.74) is -0.173. The number of benzene rings is 1. The molecule has 1 N–H and O–H groups in total. The SMILES string of the molecule is CC1CC(C(=O)O)CN(C(=O)c2cc(Cl)cc([N+](=O)[O-])c2)C1. The molecule has 1 heterocycles. The van der Waals surface area contributed by atoms with E-state index in [1.165, 1.54) is 11.0 Å². The summed E-state index contributed by atoms with van der Waals surface area (Å²) in [5.74, 6) is -1.96. The minimum Gasteiger partial charge on any atom is -0.481 e. The van der Waals surface area contributed by atoms with Gasteiger partial charge < -0.3 is 10.0 Å². The second-order valence-electron chi connectivity index (χ2n) is 5.54. The van der Waals surface area contributed by atoms with Crippen LogP contribution in [0.3, 0.4) is 0 Å². The molecule has 2 unspecified atom stereocenters. The lowest BCUT2D eigenvalue weighted by Gasteiger charge is -2.34. The number of carbonyl (C=O) groups excluding carboxylic acids is 1. The predicted molar refractivity (Wildman–Crippen MR) is 78.9 cm³/mol. The van der Waals surface area contributed by atoms with Crippen molar-refractivity contribution < 1.29 is 19.6 Å². The highest BCUT2D eigenvalue weighted by atomic mass is 35.5. The largest absolute Gasteiger partial charge is 0.481 e. The molecule has 0 saturated carbocycles. The van der Waals surface area contributed by atoms with Crippen LogP contribution in [0.1, 0.15) is 23.7 Å². The topological polar surface area (TPSA) is 101 Å². The van der Waals surface area contributed by atoms with E-state index >= 15 is 0 Å². The van der Waals surface area contributed by atoms with E-state index in [1.54, 1.807) is 0 Å². The van der Waals surface area contributed by atoms with E-state index < -0.39 is 22.7 Å². The number of nitro benzene ring substituents is 1. The molecule has 1 aliphatic rings.